The first kappa shape index (κ1) is 17.9. The number of rotatable bonds is 2. The topological polar surface area (TPSA) is 52.9 Å². The number of halogens is 3. The standard InChI is InChI=1S/C16H17F3N2O3S/c1-8-6-21(7-9(2)24-8)13-5-11(16(17,18)19)10-4-12(15(22)23-3)25-14(10)20-13/h4-5,8-9H,6-7H2,1-3H3/p+1/t8-,9-/m0/s1. The summed E-state index contributed by atoms with van der Waals surface area (Å²) in [5.41, 5.74) is -0.769. The maximum Gasteiger partial charge on any atom is 0.417 e. The average molecular weight is 375 g/mol. The predicted octanol–water partition coefficient (Wildman–Crippen LogP) is 3.13. The van der Waals surface area contributed by atoms with E-state index >= 15 is 0 Å². The molecule has 0 amide bonds. The first-order valence-electron chi connectivity index (χ1n) is 7.75. The van der Waals surface area contributed by atoms with Gasteiger partial charge in [0.15, 0.2) is 4.83 Å². The van der Waals surface area contributed by atoms with E-state index < -0.39 is 17.7 Å². The number of H-pyrrole nitrogens is 1. The van der Waals surface area contributed by atoms with Crippen molar-refractivity contribution in [1.29, 1.82) is 0 Å². The molecule has 2 atom stereocenters. The number of esters is 1. The van der Waals surface area contributed by atoms with E-state index in [0.29, 0.717) is 18.9 Å². The summed E-state index contributed by atoms with van der Waals surface area (Å²) >= 11 is 0.952. The van der Waals surface area contributed by atoms with Crippen molar-refractivity contribution >= 4 is 33.3 Å². The third-order valence-corrected chi connectivity index (χ3v) is 5.03. The molecule has 1 N–H and O–H groups in total. The Morgan fingerprint density at radius 3 is 2.52 bits per heavy atom. The monoisotopic (exact) mass is 375 g/mol. The molecule has 1 saturated heterocycles. The van der Waals surface area contributed by atoms with Gasteiger partial charge in [-0.15, -0.1) is 0 Å². The second kappa shape index (κ2) is 6.45. The molecule has 1 aliphatic rings. The minimum atomic E-state index is -4.53. The third-order valence-electron chi connectivity index (χ3n) is 4.00. The van der Waals surface area contributed by atoms with Crippen molar-refractivity contribution in [1.82, 2.24) is 0 Å². The zero-order chi connectivity index (χ0) is 18.4. The van der Waals surface area contributed by atoms with Crippen LogP contribution in [0.15, 0.2) is 12.1 Å². The lowest BCUT2D eigenvalue weighted by Crippen LogP contribution is -2.47. The van der Waals surface area contributed by atoms with Gasteiger partial charge in [-0.3, -0.25) is 4.90 Å². The zero-order valence-electron chi connectivity index (χ0n) is 13.9. The number of aromatic nitrogens is 1. The highest BCUT2D eigenvalue weighted by Gasteiger charge is 2.38. The number of aromatic amines is 1. The van der Waals surface area contributed by atoms with Crippen LogP contribution in [-0.2, 0) is 15.7 Å². The minimum Gasteiger partial charge on any atom is -0.465 e. The highest BCUT2D eigenvalue weighted by Crippen LogP contribution is 2.38. The minimum absolute atomic E-state index is 0.0315. The first-order valence-corrected chi connectivity index (χ1v) is 8.56. The smallest absolute Gasteiger partial charge is 0.417 e. The molecule has 0 unspecified atom stereocenters. The van der Waals surface area contributed by atoms with Gasteiger partial charge < -0.3 is 9.47 Å². The highest BCUT2D eigenvalue weighted by atomic mass is 32.1. The number of hydrogen-bond acceptors (Lipinski definition) is 5. The molecule has 0 saturated carbocycles. The quantitative estimate of drug-likeness (QED) is 0.757. The fourth-order valence-electron chi connectivity index (χ4n) is 3.03. The zero-order valence-corrected chi connectivity index (χ0v) is 14.8. The Hall–Kier alpha value is -1.87. The molecule has 25 heavy (non-hydrogen) atoms. The number of nitrogens with zero attached hydrogens (tertiary/aromatic N) is 1. The molecular formula is C16H18F3N2O3S+. The first-order chi connectivity index (χ1) is 11.7. The van der Waals surface area contributed by atoms with Gasteiger partial charge >= 0.3 is 12.1 Å². The number of ether oxygens (including phenoxy) is 2. The lowest BCUT2D eigenvalue weighted by atomic mass is 10.1. The molecule has 3 heterocycles. The molecule has 0 aliphatic carbocycles. The van der Waals surface area contributed by atoms with Crippen LogP contribution in [0.3, 0.4) is 0 Å². The number of carbonyl (C=O) groups excluding carboxylic acids is 1. The Kier molecular flexibility index (Phi) is 4.63. The fraction of sp³-hybridized carbons (Fsp3) is 0.500. The molecule has 0 spiro atoms. The highest BCUT2D eigenvalue weighted by molar-refractivity contribution is 7.20. The van der Waals surface area contributed by atoms with Crippen LogP contribution in [0, 0.1) is 0 Å². The van der Waals surface area contributed by atoms with E-state index in [1.54, 1.807) is 0 Å². The number of morpholine rings is 1. The third kappa shape index (κ3) is 3.57. The number of thiophene rings is 1. The molecule has 136 valence electrons. The Morgan fingerprint density at radius 2 is 1.96 bits per heavy atom. The van der Waals surface area contributed by atoms with Crippen LogP contribution in [-0.4, -0.2) is 38.4 Å². The summed E-state index contributed by atoms with van der Waals surface area (Å²) in [6.07, 6.45) is -4.70. The summed E-state index contributed by atoms with van der Waals surface area (Å²) in [4.78, 5) is 17.0. The molecule has 3 rings (SSSR count). The number of carbonyl (C=O) groups is 1. The number of pyridine rings is 1. The molecule has 0 radical (unpaired) electrons. The van der Waals surface area contributed by atoms with E-state index in [0.717, 1.165) is 17.4 Å². The summed E-state index contributed by atoms with van der Waals surface area (Å²) in [7, 11) is 1.20. The molecule has 2 aromatic rings. The van der Waals surface area contributed by atoms with Crippen LogP contribution < -0.4 is 9.88 Å². The van der Waals surface area contributed by atoms with Gasteiger partial charge in [-0.2, -0.15) is 13.2 Å². The molecule has 5 nitrogen and oxygen atoms in total. The summed E-state index contributed by atoms with van der Waals surface area (Å²) in [5.74, 6) is -0.294. The Bertz CT molecular complexity index is 796. The van der Waals surface area contributed by atoms with Gasteiger partial charge in [0, 0.05) is 11.5 Å². The number of hydrogen-bond donors (Lipinski definition) is 0. The fourth-order valence-corrected chi connectivity index (χ4v) is 4.03. The van der Waals surface area contributed by atoms with Gasteiger partial charge in [-0.25, -0.2) is 9.78 Å². The van der Waals surface area contributed by atoms with Crippen molar-refractivity contribution in [2.45, 2.75) is 32.2 Å². The van der Waals surface area contributed by atoms with E-state index in [1.165, 1.54) is 13.2 Å². The summed E-state index contributed by atoms with van der Waals surface area (Å²) in [6, 6.07) is 2.32. The molecule has 0 aromatic carbocycles. The van der Waals surface area contributed by atoms with Crippen molar-refractivity contribution in [3.8, 4) is 0 Å². The normalized spacial score (nSPS) is 21.6. The summed E-state index contributed by atoms with van der Waals surface area (Å²) in [5, 5.41) is -0.0315. The second-order valence-corrected chi connectivity index (χ2v) is 7.13. The Morgan fingerprint density at radius 1 is 1.32 bits per heavy atom. The van der Waals surface area contributed by atoms with Crippen LogP contribution in [0.25, 0.3) is 10.2 Å². The van der Waals surface area contributed by atoms with Crippen LogP contribution in [0.5, 0.6) is 0 Å². The van der Waals surface area contributed by atoms with Gasteiger partial charge in [0.1, 0.15) is 18.0 Å². The SMILES string of the molecule is COC(=O)c1cc2c(C(F)(F)F)cc(N3C[C@H](C)O[C@@H](C)C3)[nH+]c2s1. The second-order valence-electron chi connectivity index (χ2n) is 6.07. The number of fused-ring (bicyclic) bond motifs is 1. The molecule has 1 fully saturated rings. The Labute approximate surface area is 146 Å². The van der Waals surface area contributed by atoms with Gasteiger partial charge in [0.25, 0.3) is 5.82 Å². The van der Waals surface area contributed by atoms with Crippen LogP contribution in [0.4, 0.5) is 19.0 Å². The van der Waals surface area contributed by atoms with E-state index in [2.05, 4.69) is 9.72 Å². The van der Waals surface area contributed by atoms with Crippen molar-refractivity contribution in [2.75, 3.05) is 25.1 Å². The number of methoxy groups -OCH3 is 1. The van der Waals surface area contributed by atoms with Gasteiger partial charge in [-0.05, 0) is 19.9 Å². The average Bonchev–Trinajstić information content (AvgIpc) is 2.95. The van der Waals surface area contributed by atoms with Crippen molar-refractivity contribution < 1.29 is 32.4 Å². The largest absolute Gasteiger partial charge is 0.465 e. The van der Waals surface area contributed by atoms with Crippen molar-refractivity contribution in [3.05, 3.63) is 22.6 Å². The number of alkyl halides is 3. The van der Waals surface area contributed by atoms with E-state index in [1.807, 2.05) is 18.7 Å². The van der Waals surface area contributed by atoms with E-state index in [-0.39, 0.29) is 27.3 Å². The Balaban J connectivity index is 2.12. The lowest BCUT2D eigenvalue weighted by molar-refractivity contribution is -0.329. The maximum atomic E-state index is 13.5. The van der Waals surface area contributed by atoms with Crippen LogP contribution >= 0.6 is 11.3 Å². The van der Waals surface area contributed by atoms with Gasteiger partial charge in [0.2, 0.25) is 0 Å². The predicted molar refractivity (Wildman–Crippen MR) is 86.9 cm³/mol. The number of nitrogens with one attached hydrogen (secondary N) is 1. The summed E-state index contributed by atoms with van der Waals surface area (Å²) < 4.78 is 50.9. The number of anilines is 1. The molecule has 9 heteroatoms. The van der Waals surface area contributed by atoms with Crippen LogP contribution in [0.2, 0.25) is 0 Å². The molecular weight excluding hydrogens is 357 g/mol. The lowest BCUT2D eigenvalue weighted by Gasteiger charge is -2.31. The van der Waals surface area contributed by atoms with Crippen molar-refractivity contribution in [2.24, 2.45) is 0 Å². The van der Waals surface area contributed by atoms with Gasteiger partial charge in [0.05, 0.1) is 24.9 Å². The van der Waals surface area contributed by atoms with Crippen LogP contribution in [0.1, 0.15) is 29.1 Å². The summed E-state index contributed by atoms with van der Waals surface area (Å²) in [6.45, 7) is 4.73. The van der Waals surface area contributed by atoms with E-state index in [4.69, 9.17) is 4.74 Å². The van der Waals surface area contributed by atoms with Gasteiger partial charge in [-0.1, -0.05) is 11.3 Å². The maximum absolute atomic E-state index is 13.5. The molecule has 1 aliphatic heterocycles. The molecule has 2 aromatic heterocycles. The van der Waals surface area contributed by atoms with Crippen molar-refractivity contribution in [3.63, 3.8) is 0 Å². The molecule has 0 bridgehead atoms. The van der Waals surface area contributed by atoms with E-state index in [9.17, 15) is 18.0 Å².